The minimum atomic E-state index is -0.820. The fraction of sp³-hybridized carbons (Fsp3) is 0.118. The number of hydrazone groups is 1. The lowest BCUT2D eigenvalue weighted by molar-refractivity contribution is -0.136. The fourth-order valence-electron chi connectivity index (χ4n) is 1.81. The Kier molecular flexibility index (Phi) is 5.65. The van der Waals surface area contributed by atoms with Crippen LogP contribution in [0.1, 0.15) is 16.7 Å². The summed E-state index contributed by atoms with van der Waals surface area (Å²) in [5, 5.41) is 6.35. The maximum atomic E-state index is 11.9. The molecule has 0 aromatic heterocycles. The molecule has 0 fully saturated rings. The SMILES string of the molecule is Cc1ccc(C)c(NC(=O)C(=O)N/N=C\c2ccc(Br)cc2)c1. The van der Waals surface area contributed by atoms with Crippen molar-refractivity contribution >= 4 is 39.6 Å². The Balaban J connectivity index is 1.93. The van der Waals surface area contributed by atoms with Gasteiger partial charge in [0.2, 0.25) is 0 Å². The molecule has 2 N–H and O–H groups in total. The van der Waals surface area contributed by atoms with Gasteiger partial charge >= 0.3 is 11.8 Å². The molecule has 0 aliphatic carbocycles. The summed E-state index contributed by atoms with van der Waals surface area (Å²) < 4.78 is 0.951. The molecular weight excluding hydrogens is 358 g/mol. The van der Waals surface area contributed by atoms with Crippen LogP contribution in [0.25, 0.3) is 0 Å². The Hall–Kier alpha value is -2.47. The number of hydrogen-bond donors (Lipinski definition) is 2. The van der Waals surface area contributed by atoms with Crippen molar-refractivity contribution in [3.8, 4) is 0 Å². The molecule has 2 amide bonds. The number of rotatable bonds is 3. The largest absolute Gasteiger partial charge is 0.329 e. The summed E-state index contributed by atoms with van der Waals surface area (Å²) in [6, 6.07) is 13.0. The zero-order valence-electron chi connectivity index (χ0n) is 12.8. The molecule has 0 heterocycles. The molecule has 2 aromatic carbocycles. The summed E-state index contributed by atoms with van der Waals surface area (Å²) in [7, 11) is 0. The first-order valence-corrected chi connectivity index (χ1v) is 7.72. The predicted octanol–water partition coefficient (Wildman–Crippen LogP) is 3.15. The average Bonchev–Trinajstić information content (AvgIpc) is 2.52. The molecule has 0 saturated carbocycles. The van der Waals surface area contributed by atoms with Crippen molar-refractivity contribution < 1.29 is 9.59 Å². The van der Waals surface area contributed by atoms with Crippen LogP contribution in [0.3, 0.4) is 0 Å². The van der Waals surface area contributed by atoms with E-state index < -0.39 is 11.8 Å². The van der Waals surface area contributed by atoms with Gasteiger partial charge < -0.3 is 5.32 Å². The van der Waals surface area contributed by atoms with Crippen LogP contribution >= 0.6 is 15.9 Å². The minimum absolute atomic E-state index is 0.613. The normalized spacial score (nSPS) is 10.6. The number of amides is 2. The lowest BCUT2D eigenvalue weighted by Gasteiger charge is -2.08. The topological polar surface area (TPSA) is 70.6 Å². The van der Waals surface area contributed by atoms with Gasteiger partial charge in [-0.2, -0.15) is 5.10 Å². The Bertz CT molecular complexity index is 755. The molecule has 23 heavy (non-hydrogen) atoms. The zero-order chi connectivity index (χ0) is 16.8. The molecule has 2 rings (SSSR count). The number of benzene rings is 2. The van der Waals surface area contributed by atoms with Crippen molar-refractivity contribution in [2.75, 3.05) is 5.32 Å². The van der Waals surface area contributed by atoms with Crippen LogP contribution in [0.2, 0.25) is 0 Å². The van der Waals surface area contributed by atoms with Crippen molar-refractivity contribution in [1.29, 1.82) is 0 Å². The minimum Gasteiger partial charge on any atom is -0.317 e. The van der Waals surface area contributed by atoms with E-state index in [0.29, 0.717) is 5.69 Å². The zero-order valence-corrected chi connectivity index (χ0v) is 14.3. The van der Waals surface area contributed by atoms with Gasteiger partial charge in [-0.15, -0.1) is 0 Å². The summed E-state index contributed by atoms with van der Waals surface area (Å²) in [5.74, 6) is -1.58. The summed E-state index contributed by atoms with van der Waals surface area (Å²) >= 11 is 3.33. The molecule has 0 bridgehead atoms. The molecule has 0 unspecified atom stereocenters. The van der Waals surface area contributed by atoms with Crippen molar-refractivity contribution in [1.82, 2.24) is 5.43 Å². The predicted molar refractivity (Wildman–Crippen MR) is 94.4 cm³/mol. The lowest BCUT2D eigenvalue weighted by atomic mass is 10.1. The second-order valence-corrected chi connectivity index (χ2v) is 5.94. The number of nitrogens with one attached hydrogen (secondary N) is 2. The number of hydrogen-bond acceptors (Lipinski definition) is 3. The van der Waals surface area contributed by atoms with Crippen LogP contribution in [0.15, 0.2) is 52.0 Å². The summed E-state index contributed by atoms with van der Waals surface area (Å²) in [6.45, 7) is 3.77. The van der Waals surface area contributed by atoms with E-state index >= 15 is 0 Å². The van der Waals surface area contributed by atoms with Crippen LogP contribution in [0, 0.1) is 13.8 Å². The Labute approximate surface area is 142 Å². The van der Waals surface area contributed by atoms with Gasteiger partial charge in [0.25, 0.3) is 0 Å². The average molecular weight is 374 g/mol. The van der Waals surface area contributed by atoms with Gasteiger partial charge in [-0.05, 0) is 48.7 Å². The van der Waals surface area contributed by atoms with Crippen molar-refractivity contribution in [2.45, 2.75) is 13.8 Å². The quantitative estimate of drug-likeness (QED) is 0.492. The highest BCUT2D eigenvalue weighted by Gasteiger charge is 2.13. The fourth-order valence-corrected chi connectivity index (χ4v) is 2.08. The van der Waals surface area contributed by atoms with E-state index in [1.807, 2.05) is 56.3 Å². The van der Waals surface area contributed by atoms with Gasteiger partial charge in [0.1, 0.15) is 0 Å². The molecular formula is C17H16BrN3O2. The summed E-state index contributed by atoms with van der Waals surface area (Å²) in [6.07, 6.45) is 1.47. The first-order valence-electron chi connectivity index (χ1n) is 6.93. The molecule has 118 valence electrons. The molecule has 0 radical (unpaired) electrons. The Morgan fingerprint density at radius 3 is 2.43 bits per heavy atom. The third-order valence-electron chi connectivity index (χ3n) is 3.10. The van der Waals surface area contributed by atoms with Gasteiger partial charge in [-0.3, -0.25) is 9.59 Å². The van der Waals surface area contributed by atoms with Crippen LogP contribution < -0.4 is 10.7 Å². The van der Waals surface area contributed by atoms with Crippen LogP contribution in [0.5, 0.6) is 0 Å². The van der Waals surface area contributed by atoms with Gasteiger partial charge in [0.05, 0.1) is 6.21 Å². The smallest absolute Gasteiger partial charge is 0.317 e. The van der Waals surface area contributed by atoms with E-state index in [9.17, 15) is 9.59 Å². The highest BCUT2D eigenvalue weighted by molar-refractivity contribution is 9.10. The lowest BCUT2D eigenvalue weighted by Crippen LogP contribution is -2.32. The van der Waals surface area contributed by atoms with E-state index in [4.69, 9.17) is 0 Å². The molecule has 6 heteroatoms. The number of halogens is 1. The molecule has 2 aromatic rings. The molecule has 0 aliphatic rings. The van der Waals surface area contributed by atoms with Gasteiger partial charge in [-0.1, -0.05) is 40.2 Å². The second-order valence-electron chi connectivity index (χ2n) is 5.02. The number of carbonyl (C=O) groups excluding carboxylic acids is 2. The van der Waals surface area contributed by atoms with E-state index in [-0.39, 0.29) is 0 Å². The van der Waals surface area contributed by atoms with Crippen LogP contribution in [-0.4, -0.2) is 18.0 Å². The number of aryl methyl sites for hydroxylation is 2. The maximum Gasteiger partial charge on any atom is 0.329 e. The van der Waals surface area contributed by atoms with Gasteiger partial charge in [-0.25, -0.2) is 5.43 Å². The van der Waals surface area contributed by atoms with E-state index in [0.717, 1.165) is 21.2 Å². The van der Waals surface area contributed by atoms with E-state index in [1.165, 1.54) is 6.21 Å². The highest BCUT2D eigenvalue weighted by atomic mass is 79.9. The highest BCUT2D eigenvalue weighted by Crippen LogP contribution is 2.16. The number of carbonyl (C=O) groups is 2. The summed E-state index contributed by atoms with van der Waals surface area (Å²) in [4.78, 5) is 23.6. The number of nitrogens with zero attached hydrogens (tertiary/aromatic N) is 1. The van der Waals surface area contributed by atoms with E-state index in [1.54, 1.807) is 0 Å². The van der Waals surface area contributed by atoms with Crippen LogP contribution in [-0.2, 0) is 9.59 Å². The molecule has 5 nitrogen and oxygen atoms in total. The van der Waals surface area contributed by atoms with Crippen molar-refractivity contribution in [3.05, 3.63) is 63.6 Å². The second kappa shape index (κ2) is 7.69. The van der Waals surface area contributed by atoms with Crippen molar-refractivity contribution in [3.63, 3.8) is 0 Å². The molecule has 0 spiro atoms. The molecule has 0 saturated heterocycles. The summed E-state index contributed by atoms with van der Waals surface area (Å²) in [5.41, 5.74) is 5.51. The molecule has 0 aliphatic heterocycles. The van der Waals surface area contributed by atoms with Crippen molar-refractivity contribution in [2.24, 2.45) is 5.10 Å². The number of anilines is 1. The maximum absolute atomic E-state index is 11.9. The van der Waals surface area contributed by atoms with Gasteiger partial charge in [0.15, 0.2) is 0 Å². The standard InChI is InChI=1S/C17H16BrN3O2/c1-11-3-4-12(2)15(9-11)20-16(22)17(23)21-19-10-13-5-7-14(18)8-6-13/h3-10H,1-2H3,(H,20,22)(H,21,23)/b19-10-. The molecule has 0 atom stereocenters. The Morgan fingerprint density at radius 1 is 1.04 bits per heavy atom. The first-order chi connectivity index (χ1) is 11.0. The first kappa shape index (κ1) is 16.9. The third-order valence-corrected chi connectivity index (χ3v) is 3.63. The Morgan fingerprint density at radius 2 is 1.74 bits per heavy atom. The third kappa shape index (κ3) is 5.03. The van der Waals surface area contributed by atoms with E-state index in [2.05, 4.69) is 31.8 Å². The van der Waals surface area contributed by atoms with Gasteiger partial charge in [0, 0.05) is 10.2 Å². The van der Waals surface area contributed by atoms with Crippen LogP contribution in [0.4, 0.5) is 5.69 Å². The monoisotopic (exact) mass is 373 g/mol.